The highest BCUT2D eigenvalue weighted by Gasteiger charge is 2.27. The molecule has 0 aromatic heterocycles. The molecule has 0 radical (unpaired) electrons. The van der Waals surface area contributed by atoms with Crippen molar-refractivity contribution in [2.75, 3.05) is 40.3 Å². The third-order valence-electron chi connectivity index (χ3n) is 3.24. The molecule has 1 N–H and O–H groups in total. The van der Waals surface area contributed by atoms with Crippen molar-refractivity contribution in [1.82, 2.24) is 15.1 Å². The zero-order valence-electron chi connectivity index (χ0n) is 11.7. The summed E-state index contributed by atoms with van der Waals surface area (Å²) in [5, 5.41) is 2.78. The number of rotatable bonds is 6. The third kappa shape index (κ3) is 4.64. The first kappa shape index (κ1) is 15.0. The zero-order chi connectivity index (χ0) is 13.5. The lowest BCUT2D eigenvalue weighted by molar-refractivity contribution is -0.137. The third-order valence-corrected chi connectivity index (χ3v) is 3.24. The maximum Gasteiger partial charge on any atom is 0.227 e. The molecule has 1 saturated heterocycles. The average Bonchev–Trinajstić information content (AvgIpc) is 2.34. The van der Waals surface area contributed by atoms with Crippen LogP contribution in [0.2, 0.25) is 0 Å². The van der Waals surface area contributed by atoms with E-state index in [-0.39, 0.29) is 17.7 Å². The number of carbonyl (C=O) groups is 2. The summed E-state index contributed by atoms with van der Waals surface area (Å²) in [6, 6.07) is 0. The van der Waals surface area contributed by atoms with Gasteiger partial charge in [-0.2, -0.15) is 0 Å². The minimum atomic E-state index is -0.0311. The first-order valence-corrected chi connectivity index (χ1v) is 6.74. The monoisotopic (exact) mass is 255 g/mol. The summed E-state index contributed by atoms with van der Waals surface area (Å²) in [7, 11) is 4.02. The molecule has 2 amide bonds. The molecule has 1 rings (SSSR count). The van der Waals surface area contributed by atoms with Gasteiger partial charge in [-0.25, -0.2) is 0 Å². The molecule has 104 valence electrons. The normalized spacial score (nSPS) is 19.8. The van der Waals surface area contributed by atoms with E-state index in [9.17, 15) is 9.59 Å². The number of likely N-dealkylation sites (N-methyl/N-ethyl adjacent to an activating group) is 1. The Balaban J connectivity index is 2.50. The highest BCUT2D eigenvalue weighted by atomic mass is 16.2. The second kappa shape index (κ2) is 7.36. The van der Waals surface area contributed by atoms with Crippen LogP contribution in [-0.4, -0.2) is 61.9 Å². The molecule has 5 nitrogen and oxygen atoms in total. The highest BCUT2D eigenvalue weighted by molar-refractivity contribution is 5.83. The summed E-state index contributed by atoms with van der Waals surface area (Å²) in [4.78, 5) is 27.5. The van der Waals surface area contributed by atoms with E-state index in [4.69, 9.17) is 0 Å². The topological polar surface area (TPSA) is 52.7 Å². The van der Waals surface area contributed by atoms with Crippen LogP contribution in [0.3, 0.4) is 0 Å². The molecule has 0 bridgehead atoms. The fourth-order valence-corrected chi connectivity index (χ4v) is 2.12. The van der Waals surface area contributed by atoms with Gasteiger partial charge < -0.3 is 15.1 Å². The van der Waals surface area contributed by atoms with Crippen molar-refractivity contribution < 1.29 is 9.59 Å². The van der Waals surface area contributed by atoms with Crippen molar-refractivity contribution in [3.63, 3.8) is 0 Å². The Bertz CT molecular complexity index is 282. The van der Waals surface area contributed by atoms with E-state index in [0.717, 1.165) is 26.1 Å². The van der Waals surface area contributed by atoms with E-state index >= 15 is 0 Å². The predicted octanol–water partition coefficient (Wildman–Crippen LogP) is 0.313. The standard InChI is InChI=1S/C13H25N3O2/c1-4-7-16(9-8-15(2)3)13(18)11-5-6-12(17)14-10-11/h11H,4-10H2,1-3H3,(H,14,17). The number of piperidine rings is 1. The molecule has 1 fully saturated rings. The summed E-state index contributed by atoms with van der Waals surface area (Å²) in [5.74, 6) is 0.226. The maximum atomic E-state index is 12.4. The second-order valence-corrected chi connectivity index (χ2v) is 5.17. The molecule has 0 aromatic carbocycles. The Labute approximate surface area is 110 Å². The molecule has 1 aliphatic heterocycles. The molecule has 1 aliphatic rings. The largest absolute Gasteiger partial charge is 0.355 e. The van der Waals surface area contributed by atoms with E-state index in [0.29, 0.717) is 19.4 Å². The summed E-state index contributed by atoms with van der Waals surface area (Å²) < 4.78 is 0. The van der Waals surface area contributed by atoms with Crippen LogP contribution in [0.4, 0.5) is 0 Å². The minimum absolute atomic E-state index is 0.0311. The van der Waals surface area contributed by atoms with Gasteiger partial charge in [0.2, 0.25) is 11.8 Å². The fraction of sp³-hybridized carbons (Fsp3) is 0.846. The van der Waals surface area contributed by atoms with Gasteiger partial charge in [-0.05, 0) is 26.9 Å². The lowest BCUT2D eigenvalue weighted by Crippen LogP contribution is -2.46. The van der Waals surface area contributed by atoms with Crippen molar-refractivity contribution >= 4 is 11.8 Å². The Morgan fingerprint density at radius 2 is 2.06 bits per heavy atom. The van der Waals surface area contributed by atoms with E-state index in [2.05, 4.69) is 17.1 Å². The molecule has 1 heterocycles. The molecular weight excluding hydrogens is 230 g/mol. The molecule has 1 atom stereocenters. The predicted molar refractivity (Wildman–Crippen MR) is 71.2 cm³/mol. The van der Waals surface area contributed by atoms with Crippen LogP contribution >= 0.6 is 0 Å². The average molecular weight is 255 g/mol. The van der Waals surface area contributed by atoms with Crippen LogP contribution in [0, 0.1) is 5.92 Å². The van der Waals surface area contributed by atoms with Gasteiger partial charge in [-0.3, -0.25) is 9.59 Å². The Morgan fingerprint density at radius 1 is 1.33 bits per heavy atom. The van der Waals surface area contributed by atoms with Crippen LogP contribution in [-0.2, 0) is 9.59 Å². The summed E-state index contributed by atoms with van der Waals surface area (Å²) in [6.07, 6.45) is 2.13. The fourth-order valence-electron chi connectivity index (χ4n) is 2.12. The zero-order valence-corrected chi connectivity index (χ0v) is 11.7. The van der Waals surface area contributed by atoms with Crippen molar-refractivity contribution in [1.29, 1.82) is 0 Å². The SMILES string of the molecule is CCCN(CCN(C)C)C(=O)C1CCC(=O)NC1. The van der Waals surface area contributed by atoms with Crippen LogP contribution in [0.1, 0.15) is 26.2 Å². The second-order valence-electron chi connectivity index (χ2n) is 5.17. The molecule has 0 spiro atoms. The van der Waals surface area contributed by atoms with Gasteiger partial charge in [0.1, 0.15) is 0 Å². The molecule has 18 heavy (non-hydrogen) atoms. The van der Waals surface area contributed by atoms with Gasteiger partial charge in [-0.15, -0.1) is 0 Å². The number of nitrogens with one attached hydrogen (secondary N) is 1. The molecule has 0 aromatic rings. The molecular formula is C13H25N3O2. The number of amides is 2. The summed E-state index contributed by atoms with van der Waals surface area (Å²) in [5.41, 5.74) is 0. The van der Waals surface area contributed by atoms with Crippen molar-refractivity contribution in [2.24, 2.45) is 5.92 Å². The lowest BCUT2D eigenvalue weighted by Gasteiger charge is -2.30. The van der Waals surface area contributed by atoms with Crippen molar-refractivity contribution in [3.05, 3.63) is 0 Å². The Kier molecular flexibility index (Phi) is 6.12. The summed E-state index contributed by atoms with van der Waals surface area (Å²) in [6.45, 7) is 5.03. The van der Waals surface area contributed by atoms with Gasteiger partial charge in [-0.1, -0.05) is 6.92 Å². The van der Waals surface area contributed by atoms with Crippen LogP contribution < -0.4 is 5.32 Å². The van der Waals surface area contributed by atoms with E-state index < -0.39 is 0 Å². The number of carbonyl (C=O) groups excluding carboxylic acids is 2. The summed E-state index contributed by atoms with van der Waals surface area (Å²) >= 11 is 0. The van der Waals surface area contributed by atoms with Crippen LogP contribution in [0.5, 0.6) is 0 Å². The Morgan fingerprint density at radius 3 is 2.56 bits per heavy atom. The molecule has 1 unspecified atom stereocenters. The number of hydrogen-bond acceptors (Lipinski definition) is 3. The minimum Gasteiger partial charge on any atom is -0.355 e. The van der Waals surface area contributed by atoms with Gasteiger partial charge in [0, 0.05) is 32.6 Å². The molecule has 0 aliphatic carbocycles. The quantitative estimate of drug-likeness (QED) is 0.743. The van der Waals surface area contributed by atoms with E-state index in [1.807, 2.05) is 19.0 Å². The number of nitrogens with zero attached hydrogens (tertiary/aromatic N) is 2. The lowest BCUT2D eigenvalue weighted by atomic mass is 9.97. The van der Waals surface area contributed by atoms with E-state index in [1.54, 1.807) is 0 Å². The number of hydrogen-bond donors (Lipinski definition) is 1. The van der Waals surface area contributed by atoms with E-state index in [1.165, 1.54) is 0 Å². The van der Waals surface area contributed by atoms with Crippen LogP contribution in [0.15, 0.2) is 0 Å². The first-order valence-electron chi connectivity index (χ1n) is 6.74. The van der Waals surface area contributed by atoms with Gasteiger partial charge in [0.05, 0.1) is 5.92 Å². The Hall–Kier alpha value is -1.10. The van der Waals surface area contributed by atoms with Gasteiger partial charge >= 0.3 is 0 Å². The van der Waals surface area contributed by atoms with Gasteiger partial charge in [0.25, 0.3) is 0 Å². The smallest absolute Gasteiger partial charge is 0.227 e. The van der Waals surface area contributed by atoms with Crippen LogP contribution in [0.25, 0.3) is 0 Å². The van der Waals surface area contributed by atoms with Crippen molar-refractivity contribution in [3.8, 4) is 0 Å². The van der Waals surface area contributed by atoms with Gasteiger partial charge in [0.15, 0.2) is 0 Å². The maximum absolute atomic E-state index is 12.4. The molecule has 5 heteroatoms. The first-order chi connectivity index (χ1) is 8.54. The van der Waals surface area contributed by atoms with Crippen molar-refractivity contribution in [2.45, 2.75) is 26.2 Å². The highest BCUT2D eigenvalue weighted by Crippen LogP contribution is 2.14. The molecule has 0 saturated carbocycles.